The van der Waals surface area contributed by atoms with Crippen LogP contribution in [-0.4, -0.2) is 66.0 Å². The second-order valence-electron chi connectivity index (χ2n) is 8.33. The summed E-state index contributed by atoms with van der Waals surface area (Å²) in [6, 6.07) is 13.2. The molecule has 1 unspecified atom stereocenters. The largest absolute Gasteiger partial charge is 0.417 e. The van der Waals surface area contributed by atoms with Crippen molar-refractivity contribution in [1.82, 2.24) is 9.80 Å². The Morgan fingerprint density at radius 2 is 1.54 bits per heavy atom. The van der Waals surface area contributed by atoms with Crippen molar-refractivity contribution in [3.8, 4) is 0 Å². The number of benzene rings is 1. The third kappa shape index (κ3) is 7.93. The first kappa shape index (κ1) is 21.4. The molecule has 0 aliphatic rings. The van der Waals surface area contributed by atoms with Crippen molar-refractivity contribution in [3.05, 3.63) is 35.9 Å². The number of hydrogen-bond acceptors (Lipinski definition) is 3. The zero-order valence-electron chi connectivity index (χ0n) is 16.9. The average Bonchev–Trinajstić information content (AvgIpc) is 2.44. The zero-order valence-corrected chi connectivity index (χ0v) is 17.9. The van der Waals surface area contributed by atoms with E-state index in [2.05, 4.69) is 88.7 Å². The summed E-state index contributed by atoms with van der Waals surface area (Å²) in [4.78, 5) is 4.64. The monoisotopic (exact) mass is 350 g/mol. The van der Waals surface area contributed by atoms with Crippen LogP contribution in [0.2, 0.25) is 18.6 Å². The first-order chi connectivity index (χ1) is 11.2. The highest BCUT2D eigenvalue weighted by Crippen LogP contribution is 2.34. The summed E-state index contributed by atoms with van der Waals surface area (Å²) in [7, 11) is 6.96. The topological polar surface area (TPSA) is 15.7 Å². The predicted octanol–water partition coefficient (Wildman–Crippen LogP) is 3.97. The molecule has 1 aromatic rings. The Hall–Kier alpha value is -0.683. The predicted molar refractivity (Wildman–Crippen MR) is 108 cm³/mol. The SMILES string of the molecule is CCO[Si](C)(CCc1ccccc1)CC(C)(CN(C)C)CN(C)C. The standard InChI is InChI=1S/C20H38N2OSi/c1-8-23-24(7,15-14-19-12-10-9-11-13-19)18-20(2,16-21(3)4)17-22(5)6/h9-13H,8,14-18H2,1-7H3. The normalized spacial score (nSPS) is 15.0. The van der Waals surface area contributed by atoms with Gasteiger partial charge in [-0.15, -0.1) is 0 Å². The Balaban J connectivity index is 2.85. The van der Waals surface area contributed by atoms with E-state index in [1.165, 1.54) is 17.7 Å². The Bertz CT molecular complexity index is 454. The van der Waals surface area contributed by atoms with Crippen LogP contribution in [0.5, 0.6) is 0 Å². The van der Waals surface area contributed by atoms with Crippen LogP contribution in [0.1, 0.15) is 19.4 Å². The molecule has 0 N–H and O–H groups in total. The molecular formula is C20H38N2OSi. The molecule has 4 heteroatoms. The molecule has 1 atom stereocenters. The van der Waals surface area contributed by atoms with E-state index in [9.17, 15) is 0 Å². The molecule has 0 aromatic heterocycles. The Labute approximate surface area is 151 Å². The van der Waals surface area contributed by atoms with E-state index in [0.29, 0.717) is 0 Å². The lowest BCUT2D eigenvalue weighted by atomic mass is 9.92. The van der Waals surface area contributed by atoms with Gasteiger partial charge in [0, 0.05) is 19.7 Å². The minimum atomic E-state index is -1.75. The van der Waals surface area contributed by atoms with Gasteiger partial charge >= 0.3 is 0 Å². The lowest BCUT2D eigenvalue weighted by Gasteiger charge is -2.41. The maximum atomic E-state index is 6.41. The molecule has 0 radical (unpaired) electrons. The van der Waals surface area contributed by atoms with E-state index in [-0.39, 0.29) is 5.41 Å². The first-order valence-electron chi connectivity index (χ1n) is 9.15. The molecule has 0 spiro atoms. The fraction of sp³-hybridized carbons (Fsp3) is 0.700. The summed E-state index contributed by atoms with van der Waals surface area (Å²) in [5.74, 6) is 0. The highest BCUT2D eigenvalue weighted by atomic mass is 28.4. The summed E-state index contributed by atoms with van der Waals surface area (Å²) in [5.41, 5.74) is 1.69. The molecule has 0 bridgehead atoms. The molecule has 0 saturated carbocycles. The molecule has 0 fully saturated rings. The van der Waals surface area contributed by atoms with Gasteiger partial charge in [-0.05, 0) is 71.1 Å². The Morgan fingerprint density at radius 3 is 2.00 bits per heavy atom. The third-order valence-corrected chi connectivity index (χ3v) is 8.37. The Morgan fingerprint density at radius 1 is 1.00 bits per heavy atom. The molecule has 3 nitrogen and oxygen atoms in total. The highest BCUT2D eigenvalue weighted by molar-refractivity contribution is 6.72. The van der Waals surface area contributed by atoms with Crippen molar-refractivity contribution >= 4 is 8.32 Å². The van der Waals surface area contributed by atoms with Crippen LogP contribution in [0.25, 0.3) is 0 Å². The van der Waals surface area contributed by atoms with Gasteiger partial charge in [-0.25, -0.2) is 0 Å². The molecule has 0 aliphatic heterocycles. The summed E-state index contributed by atoms with van der Waals surface area (Å²) < 4.78 is 6.41. The van der Waals surface area contributed by atoms with Gasteiger partial charge in [0.2, 0.25) is 0 Å². The van der Waals surface area contributed by atoms with Crippen LogP contribution in [0, 0.1) is 5.41 Å². The second kappa shape index (κ2) is 9.71. The second-order valence-corrected chi connectivity index (χ2v) is 12.4. The molecule has 24 heavy (non-hydrogen) atoms. The number of aryl methyl sites for hydroxylation is 1. The molecular weight excluding hydrogens is 312 g/mol. The summed E-state index contributed by atoms with van der Waals surface area (Å²) in [5, 5.41) is 0. The first-order valence-corrected chi connectivity index (χ1v) is 12.0. The average molecular weight is 351 g/mol. The van der Waals surface area contributed by atoms with Crippen molar-refractivity contribution in [2.45, 2.75) is 38.9 Å². The lowest BCUT2D eigenvalue weighted by molar-refractivity contribution is 0.171. The van der Waals surface area contributed by atoms with Crippen molar-refractivity contribution in [1.29, 1.82) is 0 Å². The van der Waals surface area contributed by atoms with Crippen LogP contribution in [0.15, 0.2) is 30.3 Å². The van der Waals surface area contributed by atoms with Crippen LogP contribution in [0.3, 0.4) is 0 Å². The lowest BCUT2D eigenvalue weighted by Crippen LogP contribution is -2.48. The smallest absolute Gasteiger partial charge is 0.190 e. The molecule has 0 saturated heterocycles. The third-order valence-electron chi connectivity index (χ3n) is 4.47. The van der Waals surface area contributed by atoms with E-state index >= 15 is 0 Å². The number of hydrogen-bond donors (Lipinski definition) is 0. The van der Waals surface area contributed by atoms with Gasteiger partial charge in [0.15, 0.2) is 8.32 Å². The fourth-order valence-electron chi connectivity index (χ4n) is 4.20. The summed E-state index contributed by atoms with van der Waals surface area (Å²) >= 11 is 0. The van der Waals surface area contributed by atoms with Gasteiger partial charge in [-0.2, -0.15) is 0 Å². The van der Waals surface area contributed by atoms with Crippen molar-refractivity contribution < 1.29 is 4.43 Å². The van der Waals surface area contributed by atoms with Gasteiger partial charge in [-0.1, -0.05) is 37.3 Å². The molecule has 1 aromatic carbocycles. The highest BCUT2D eigenvalue weighted by Gasteiger charge is 2.38. The van der Waals surface area contributed by atoms with E-state index < -0.39 is 8.32 Å². The maximum Gasteiger partial charge on any atom is 0.190 e. The minimum absolute atomic E-state index is 0.264. The molecule has 138 valence electrons. The quantitative estimate of drug-likeness (QED) is 0.562. The fourth-order valence-corrected chi connectivity index (χ4v) is 8.17. The van der Waals surface area contributed by atoms with Gasteiger partial charge in [0.05, 0.1) is 0 Å². The van der Waals surface area contributed by atoms with Crippen LogP contribution in [0.4, 0.5) is 0 Å². The molecule has 0 heterocycles. The van der Waals surface area contributed by atoms with Crippen molar-refractivity contribution in [3.63, 3.8) is 0 Å². The van der Waals surface area contributed by atoms with Crippen LogP contribution in [-0.2, 0) is 10.8 Å². The van der Waals surface area contributed by atoms with E-state index in [1.807, 2.05) is 0 Å². The molecule has 0 amide bonds. The molecule has 0 aliphatic carbocycles. The van der Waals surface area contributed by atoms with E-state index in [4.69, 9.17) is 4.43 Å². The summed E-state index contributed by atoms with van der Waals surface area (Å²) in [6.07, 6.45) is 1.13. The van der Waals surface area contributed by atoms with Crippen molar-refractivity contribution in [2.24, 2.45) is 5.41 Å². The van der Waals surface area contributed by atoms with E-state index in [1.54, 1.807) is 0 Å². The maximum absolute atomic E-state index is 6.41. The Kier molecular flexibility index (Phi) is 8.64. The van der Waals surface area contributed by atoms with Gasteiger partial charge in [0.25, 0.3) is 0 Å². The van der Waals surface area contributed by atoms with Crippen LogP contribution < -0.4 is 0 Å². The number of rotatable bonds is 11. The van der Waals surface area contributed by atoms with E-state index in [0.717, 1.165) is 26.1 Å². The minimum Gasteiger partial charge on any atom is -0.417 e. The van der Waals surface area contributed by atoms with Gasteiger partial charge in [-0.3, -0.25) is 0 Å². The van der Waals surface area contributed by atoms with Gasteiger partial charge in [0.1, 0.15) is 0 Å². The molecule has 1 rings (SSSR count). The summed E-state index contributed by atoms with van der Waals surface area (Å²) in [6.45, 7) is 10.0. The van der Waals surface area contributed by atoms with Crippen molar-refractivity contribution in [2.75, 3.05) is 47.9 Å². The van der Waals surface area contributed by atoms with Crippen LogP contribution >= 0.6 is 0 Å². The zero-order chi connectivity index (χ0) is 18.2. The number of nitrogens with zero attached hydrogens (tertiary/aromatic N) is 2. The van der Waals surface area contributed by atoms with Gasteiger partial charge < -0.3 is 14.2 Å².